The number of benzene rings is 1. The molecule has 1 aliphatic rings. The molecule has 0 unspecified atom stereocenters. The van der Waals surface area contributed by atoms with Crippen LogP contribution in [-0.2, 0) is 11.2 Å². The van der Waals surface area contributed by atoms with E-state index >= 15 is 0 Å². The van der Waals surface area contributed by atoms with Crippen molar-refractivity contribution in [3.63, 3.8) is 0 Å². The standard InChI is InChI=1S/C23H31ClO5/c1-12(19(27)10-23(5)13(2)7-9-18(26)15(23)4)6-8-16-21(28)17(11-25)14(3)20(24)22(16)29/h6,11,13,15,19,27-29H,7-10H2,1-5H3/t13-,15-,19-,23-/m1/s1. The molecule has 0 spiro atoms. The lowest BCUT2D eigenvalue weighted by atomic mass is 9.59. The van der Waals surface area contributed by atoms with Gasteiger partial charge in [0.2, 0.25) is 0 Å². The van der Waals surface area contributed by atoms with Gasteiger partial charge in [-0.25, -0.2) is 0 Å². The van der Waals surface area contributed by atoms with Gasteiger partial charge in [-0.05, 0) is 55.6 Å². The van der Waals surface area contributed by atoms with Crippen LogP contribution in [-0.4, -0.2) is 33.5 Å². The number of halogens is 1. The average molecular weight is 423 g/mol. The van der Waals surface area contributed by atoms with Crippen LogP contribution in [0.5, 0.6) is 11.5 Å². The van der Waals surface area contributed by atoms with Crippen LogP contribution < -0.4 is 0 Å². The van der Waals surface area contributed by atoms with Crippen molar-refractivity contribution < 1.29 is 24.9 Å². The Morgan fingerprint density at radius 1 is 1.31 bits per heavy atom. The van der Waals surface area contributed by atoms with Crippen LogP contribution in [0.1, 0.15) is 68.4 Å². The van der Waals surface area contributed by atoms with Gasteiger partial charge in [-0.15, -0.1) is 0 Å². The SMILES string of the molecule is CC(=CCc1c(O)c(Cl)c(C)c(C=O)c1O)[C@H](O)C[C@]1(C)[C@H](C)CCC(=O)[C@H]1C. The summed E-state index contributed by atoms with van der Waals surface area (Å²) in [5.41, 5.74) is 0.887. The maximum Gasteiger partial charge on any atom is 0.154 e. The summed E-state index contributed by atoms with van der Waals surface area (Å²) >= 11 is 6.09. The highest BCUT2D eigenvalue weighted by atomic mass is 35.5. The van der Waals surface area contributed by atoms with E-state index in [1.807, 2.05) is 6.92 Å². The molecule has 1 fully saturated rings. The highest BCUT2D eigenvalue weighted by Gasteiger charge is 2.44. The minimum Gasteiger partial charge on any atom is -0.507 e. The van der Waals surface area contributed by atoms with Crippen LogP contribution in [0.3, 0.4) is 0 Å². The fourth-order valence-corrected chi connectivity index (χ4v) is 4.49. The molecule has 0 bridgehead atoms. The van der Waals surface area contributed by atoms with E-state index in [1.165, 1.54) is 0 Å². The van der Waals surface area contributed by atoms with E-state index < -0.39 is 6.10 Å². The normalized spacial score (nSPS) is 26.4. The number of allylic oxidation sites excluding steroid dienone is 1. The Kier molecular flexibility index (Phi) is 7.18. The highest BCUT2D eigenvalue weighted by Crippen LogP contribution is 2.47. The molecule has 0 aromatic heterocycles. The van der Waals surface area contributed by atoms with Crippen molar-refractivity contribution in [1.29, 1.82) is 0 Å². The second-order valence-corrected chi connectivity index (χ2v) is 9.03. The number of ketones is 1. The molecule has 29 heavy (non-hydrogen) atoms. The summed E-state index contributed by atoms with van der Waals surface area (Å²) in [5, 5.41) is 31.5. The van der Waals surface area contributed by atoms with Crippen molar-refractivity contribution >= 4 is 23.7 Å². The summed E-state index contributed by atoms with van der Waals surface area (Å²) in [7, 11) is 0. The van der Waals surface area contributed by atoms with E-state index in [9.17, 15) is 24.9 Å². The minimum atomic E-state index is -0.758. The van der Waals surface area contributed by atoms with Crippen molar-refractivity contribution in [3.05, 3.63) is 33.4 Å². The molecular weight excluding hydrogens is 392 g/mol. The second kappa shape index (κ2) is 8.88. The zero-order valence-corrected chi connectivity index (χ0v) is 18.5. The molecule has 0 heterocycles. The molecule has 6 heteroatoms. The number of rotatable bonds is 6. The molecule has 2 rings (SSSR count). The van der Waals surface area contributed by atoms with E-state index in [0.29, 0.717) is 36.2 Å². The molecule has 3 N–H and O–H groups in total. The van der Waals surface area contributed by atoms with Crippen LogP contribution in [0.2, 0.25) is 5.02 Å². The largest absolute Gasteiger partial charge is 0.507 e. The first-order valence-electron chi connectivity index (χ1n) is 10.0. The van der Waals surface area contributed by atoms with Crippen molar-refractivity contribution in [2.75, 3.05) is 0 Å². The van der Waals surface area contributed by atoms with Crippen molar-refractivity contribution in [2.45, 2.75) is 66.4 Å². The van der Waals surface area contributed by atoms with Crippen LogP contribution >= 0.6 is 11.6 Å². The number of aliphatic hydroxyl groups excluding tert-OH is 1. The molecule has 1 aromatic carbocycles. The summed E-state index contributed by atoms with van der Waals surface area (Å²) in [6.45, 7) is 9.45. The van der Waals surface area contributed by atoms with Gasteiger partial charge < -0.3 is 15.3 Å². The van der Waals surface area contributed by atoms with Crippen LogP contribution in [0.25, 0.3) is 0 Å². The van der Waals surface area contributed by atoms with Gasteiger partial charge in [-0.3, -0.25) is 9.59 Å². The molecular formula is C23H31ClO5. The van der Waals surface area contributed by atoms with Crippen LogP contribution in [0, 0.1) is 24.2 Å². The van der Waals surface area contributed by atoms with Gasteiger partial charge in [-0.2, -0.15) is 0 Å². The molecule has 4 atom stereocenters. The highest BCUT2D eigenvalue weighted by molar-refractivity contribution is 6.33. The lowest BCUT2D eigenvalue weighted by Crippen LogP contribution is -2.43. The lowest BCUT2D eigenvalue weighted by Gasteiger charge is -2.45. The fraction of sp³-hybridized carbons (Fsp3) is 0.565. The Balaban J connectivity index is 2.25. The zero-order chi connectivity index (χ0) is 22.1. The zero-order valence-electron chi connectivity index (χ0n) is 17.8. The Morgan fingerprint density at radius 2 is 1.93 bits per heavy atom. The number of aldehydes is 1. The average Bonchev–Trinajstić information content (AvgIpc) is 2.68. The summed E-state index contributed by atoms with van der Waals surface area (Å²) < 4.78 is 0. The quantitative estimate of drug-likeness (QED) is 0.454. The number of Topliss-reactive ketones (excluding diaryl/α,β-unsaturated/α-hetero) is 1. The number of hydrogen-bond donors (Lipinski definition) is 3. The molecule has 5 nitrogen and oxygen atoms in total. The number of carbonyl (C=O) groups is 2. The molecule has 0 amide bonds. The molecule has 1 saturated carbocycles. The summed E-state index contributed by atoms with van der Waals surface area (Å²) in [6, 6.07) is 0. The predicted octanol–water partition coefficient (Wildman–Crippen LogP) is 4.75. The van der Waals surface area contributed by atoms with E-state index in [1.54, 1.807) is 19.9 Å². The van der Waals surface area contributed by atoms with Crippen molar-refractivity contribution in [1.82, 2.24) is 0 Å². The van der Waals surface area contributed by atoms with E-state index in [-0.39, 0.29) is 51.2 Å². The Bertz CT molecular complexity index is 844. The third-order valence-corrected chi connectivity index (χ3v) is 7.56. The Hall–Kier alpha value is -1.85. The first kappa shape index (κ1) is 23.4. The summed E-state index contributed by atoms with van der Waals surface area (Å²) in [4.78, 5) is 23.5. The Morgan fingerprint density at radius 3 is 2.52 bits per heavy atom. The summed E-state index contributed by atoms with van der Waals surface area (Å²) in [6.07, 6.45) is 3.45. The van der Waals surface area contributed by atoms with Crippen LogP contribution in [0.15, 0.2) is 11.6 Å². The lowest BCUT2D eigenvalue weighted by molar-refractivity contribution is -0.133. The van der Waals surface area contributed by atoms with Gasteiger partial charge in [0.25, 0.3) is 0 Å². The number of aliphatic hydroxyl groups is 1. The van der Waals surface area contributed by atoms with E-state index in [2.05, 4.69) is 13.8 Å². The van der Waals surface area contributed by atoms with Gasteiger partial charge in [0.1, 0.15) is 17.3 Å². The number of aromatic hydroxyl groups is 2. The van der Waals surface area contributed by atoms with Gasteiger partial charge >= 0.3 is 0 Å². The summed E-state index contributed by atoms with van der Waals surface area (Å²) in [5.74, 6) is -0.127. The first-order valence-corrected chi connectivity index (χ1v) is 10.4. The molecule has 0 radical (unpaired) electrons. The molecule has 0 aliphatic heterocycles. The molecule has 160 valence electrons. The number of phenolic OH excluding ortho intramolecular Hbond substituents is 2. The van der Waals surface area contributed by atoms with E-state index in [0.717, 1.165) is 6.42 Å². The monoisotopic (exact) mass is 422 g/mol. The van der Waals surface area contributed by atoms with Gasteiger partial charge in [-0.1, -0.05) is 38.4 Å². The fourth-order valence-electron chi connectivity index (χ4n) is 4.27. The van der Waals surface area contributed by atoms with Gasteiger partial charge in [0.15, 0.2) is 6.29 Å². The number of hydrogen-bond acceptors (Lipinski definition) is 5. The topological polar surface area (TPSA) is 94.8 Å². The minimum absolute atomic E-state index is 0.0300. The van der Waals surface area contributed by atoms with Gasteiger partial charge in [0.05, 0.1) is 16.7 Å². The third-order valence-electron chi connectivity index (χ3n) is 7.09. The molecule has 0 saturated heterocycles. The first-order chi connectivity index (χ1) is 13.5. The maximum absolute atomic E-state index is 12.2. The predicted molar refractivity (Wildman–Crippen MR) is 114 cm³/mol. The molecule has 1 aromatic rings. The number of carbonyl (C=O) groups excluding carboxylic acids is 2. The van der Waals surface area contributed by atoms with Crippen molar-refractivity contribution in [3.8, 4) is 11.5 Å². The second-order valence-electron chi connectivity index (χ2n) is 8.65. The third kappa shape index (κ3) is 4.36. The Labute approximate surface area is 177 Å². The van der Waals surface area contributed by atoms with Crippen molar-refractivity contribution in [2.24, 2.45) is 17.3 Å². The maximum atomic E-state index is 12.2. The smallest absolute Gasteiger partial charge is 0.154 e. The molecule has 1 aliphatic carbocycles. The van der Waals surface area contributed by atoms with E-state index in [4.69, 9.17) is 11.6 Å². The number of phenols is 2. The van der Waals surface area contributed by atoms with Crippen LogP contribution in [0.4, 0.5) is 0 Å². The van der Waals surface area contributed by atoms with Gasteiger partial charge in [0, 0.05) is 17.9 Å².